The summed E-state index contributed by atoms with van der Waals surface area (Å²) in [6.07, 6.45) is -0.979. The molecule has 0 bridgehead atoms. The molecule has 1 aromatic heterocycles. The van der Waals surface area contributed by atoms with E-state index < -0.39 is 18.6 Å². The molecular formula is C21H24F3N5O2. The van der Waals surface area contributed by atoms with Crippen LogP contribution in [-0.4, -0.2) is 66.3 Å². The molecule has 31 heavy (non-hydrogen) atoms. The number of alkyl halides is 3. The fourth-order valence-corrected chi connectivity index (χ4v) is 3.85. The summed E-state index contributed by atoms with van der Waals surface area (Å²) >= 11 is 0. The zero-order chi connectivity index (χ0) is 22.0. The summed E-state index contributed by atoms with van der Waals surface area (Å²) in [6, 6.07) is 6.68. The third kappa shape index (κ3) is 5.07. The van der Waals surface area contributed by atoms with E-state index in [9.17, 15) is 18.0 Å². The first kappa shape index (κ1) is 21.4. The lowest BCUT2D eigenvalue weighted by atomic mass is 10.0. The Balaban J connectivity index is 1.32. The number of hydrogen-bond donors (Lipinski definition) is 1. The molecule has 1 amide bonds. The van der Waals surface area contributed by atoms with Gasteiger partial charge in [-0.2, -0.15) is 13.2 Å². The second kappa shape index (κ2) is 8.70. The monoisotopic (exact) mass is 435 g/mol. The van der Waals surface area contributed by atoms with Crippen molar-refractivity contribution >= 4 is 11.9 Å². The number of carbonyl (C=O) groups excluding carboxylic acids is 1. The third-order valence-corrected chi connectivity index (χ3v) is 5.70. The Hall–Kier alpha value is -2.88. The van der Waals surface area contributed by atoms with E-state index in [1.807, 2.05) is 10.2 Å². The minimum absolute atomic E-state index is 0.000846. The maximum absolute atomic E-state index is 12.2. The molecule has 0 radical (unpaired) electrons. The number of anilines is 1. The lowest BCUT2D eigenvalue weighted by Crippen LogP contribution is -2.47. The molecule has 7 nitrogen and oxygen atoms in total. The van der Waals surface area contributed by atoms with E-state index in [-0.39, 0.29) is 11.6 Å². The molecular weight excluding hydrogens is 411 g/mol. The summed E-state index contributed by atoms with van der Waals surface area (Å²) in [5, 5.41) is 1.81. The fraction of sp³-hybridized carbons (Fsp3) is 0.476. The van der Waals surface area contributed by atoms with Crippen molar-refractivity contribution in [2.45, 2.75) is 25.6 Å². The van der Waals surface area contributed by atoms with Crippen LogP contribution in [0.3, 0.4) is 0 Å². The fourth-order valence-electron chi connectivity index (χ4n) is 3.85. The number of halogens is 3. The normalized spacial score (nSPS) is 17.7. The van der Waals surface area contributed by atoms with Crippen molar-refractivity contribution in [1.82, 2.24) is 20.2 Å². The average molecular weight is 435 g/mol. The van der Waals surface area contributed by atoms with Gasteiger partial charge < -0.3 is 15.0 Å². The van der Waals surface area contributed by atoms with Gasteiger partial charge in [-0.05, 0) is 24.1 Å². The molecule has 0 saturated carbocycles. The SMILES string of the molecule is CC(c1ccc2c(c1)OCC2)N1CCN(c2ncc(C(=O)NCC(F)(F)F)cn2)CC1. The van der Waals surface area contributed by atoms with Gasteiger partial charge in [0.1, 0.15) is 12.3 Å². The number of aromatic nitrogens is 2. The van der Waals surface area contributed by atoms with Crippen molar-refractivity contribution in [1.29, 1.82) is 0 Å². The predicted octanol–water partition coefficient (Wildman–Crippen LogP) is 2.59. The van der Waals surface area contributed by atoms with Crippen molar-refractivity contribution in [3.05, 3.63) is 47.3 Å². The second-order valence-corrected chi connectivity index (χ2v) is 7.73. The number of fused-ring (bicyclic) bond motifs is 1. The van der Waals surface area contributed by atoms with Gasteiger partial charge in [0.25, 0.3) is 5.91 Å². The van der Waals surface area contributed by atoms with E-state index in [1.165, 1.54) is 23.5 Å². The average Bonchev–Trinajstić information content (AvgIpc) is 3.24. The summed E-state index contributed by atoms with van der Waals surface area (Å²) in [5.41, 5.74) is 2.48. The number of benzene rings is 1. The highest BCUT2D eigenvalue weighted by atomic mass is 19.4. The van der Waals surface area contributed by atoms with Crippen molar-refractivity contribution in [3.63, 3.8) is 0 Å². The maximum Gasteiger partial charge on any atom is 0.405 e. The van der Waals surface area contributed by atoms with Gasteiger partial charge in [0.2, 0.25) is 5.95 Å². The van der Waals surface area contributed by atoms with E-state index in [0.717, 1.165) is 31.9 Å². The van der Waals surface area contributed by atoms with E-state index in [1.54, 1.807) is 0 Å². The molecule has 2 aromatic rings. The largest absolute Gasteiger partial charge is 0.493 e. The van der Waals surface area contributed by atoms with Gasteiger partial charge in [0.15, 0.2) is 0 Å². The maximum atomic E-state index is 12.2. The van der Waals surface area contributed by atoms with Gasteiger partial charge in [-0.15, -0.1) is 0 Å². The Bertz CT molecular complexity index is 928. The van der Waals surface area contributed by atoms with Crippen LogP contribution in [0, 0.1) is 0 Å². The molecule has 2 aliphatic heterocycles. The molecule has 0 aliphatic carbocycles. The highest BCUT2D eigenvalue weighted by molar-refractivity contribution is 5.93. The Morgan fingerprint density at radius 3 is 2.58 bits per heavy atom. The van der Waals surface area contributed by atoms with E-state index >= 15 is 0 Å². The molecule has 166 valence electrons. The summed E-state index contributed by atoms with van der Waals surface area (Å²) < 4.78 is 42.4. The molecule has 1 atom stereocenters. The van der Waals surface area contributed by atoms with Crippen LogP contribution >= 0.6 is 0 Å². The van der Waals surface area contributed by atoms with Crippen LogP contribution in [0.2, 0.25) is 0 Å². The molecule has 0 spiro atoms. The van der Waals surface area contributed by atoms with Gasteiger partial charge in [-0.25, -0.2) is 9.97 Å². The van der Waals surface area contributed by atoms with E-state index in [4.69, 9.17) is 4.74 Å². The van der Waals surface area contributed by atoms with Crippen LogP contribution in [0.25, 0.3) is 0 Å². The smallest absolute Gasteiger partial charge is 0.405 e. The number of amides is 1. The predicted molar refractivity (Wildman–Crippen MR) is 108 cm³/mol. The first-order valence-corrected chi connectivity index (χ1v) is 10.2. The molecule has 3 heterocycles. The lowest BCUT2D eigenvalue weighted by molar-refractivity contribution is -0.123. The van der Waals surface area contributed by atoms with Gasteiger partial charge in [-0.3, -0.25) is 9.69 Å². The van der Waals surface area contributed by atoms with Gasteiger partial charge in [-0.1, -0.05) is 12.1 Å². The lowest BCUT2D eigenvalue weighted by Gasteiger charge is -2.38. The zero-order valence-electron chi connectivity index (χ0n) is 17.2. The van der Waals surface area contributed by atoms with E-state index in [0.29, 0.717) is 19.0 Å². The number of nitrogens with zero attached hydrogens (tertiary/aromatic N) is 4. The van der Waals surface area contributed by atoms with Gasteiger partial charge in [0, 0.05) is 51.0 Å². The van der Waals surface area contributed by atoms with Crippen molar-refractivity contribution < 1.29 is 22.7 Å². The van der Waals surface area contributed by atoms with Crippen LogP contribution in [-0.2, 0) is 6.42 Å². The van der Waals surface area contributed by atoms with Crippen LogP contribution in [0.1, 0.15) is 34.5 Å². The van der Waals surface area contributed by atoms with Crippen molar-refractivity contribution in [2.24, 2.45) is 0 Å². The number of ether oxygens (including phenoxy) is 1. The molecule has 1 N–H and O–H groups in total. The molecule has 1 saturated heterocycles. The summed E-state index contributed by atoms with van der Waals surface area (Å²) in [4.78, 5) is 24.5. The summed E-state index contributed by atoms with van der Waals surface area (Å²) in [6.45, 7) is 4.60. The number of rotatable bonds is 5. The molecule has 1 aromatic carbocycles. The summed E-state index contributed by atoms with van der Waals surface area (Å²) in [5.74, 6) is 0.599. The Kier molecular flexibility index (Phi) is 5.99. The molecule has 10 heteroatoms. The Morgan fingerprint density at radius 1 is 1.19 bits per heavy atom. The second-order valence-electron chi connectivity index (χ2n) is 7.73. The first-order valence-electron chi connectivity index (χ1n) is 10.2. The van der Waals surface area contributed by atoms with Crippen LogP contribution < -0.4 is 15.0 Å². The minimum Gasteiger partial charge on any atom is -0.493 e. The molecule has 4 rings (SSSR count). The van der Waals surface area contributed by atoms with Crippen LogP contribution in [0.5, 0.6) is 5.75 Å². The number of nitrogens with one attached hydrogen (secondary N) is 1. The number of hydrogen-bond acceptors (Lipinski definition) is 6. The Morgan fingerprint density at radius 2 is 1.90 bits per heavy atom. The summed E-state index contributed by atoms with van der Waals surface area (Å²) in [7, 11) is 0. The van der Waals surface area contributed by atoms with Gasteiger partial charge >= 0.3 is 6.18 Å². The van der Waals surface area contributed by atoms with Gasteiger partial charge in [0.05, 0.1) is 12.2 Å². The molecule has 1 fully saturated rings. The zero-order valence-corrected chi connectivity index (χ0v) is 17.2. The van der Waals surface area contributed by atoms with Crippen LogP contribution in [0.15, 0.2) is 30.6 Å². The number of carbonyl (C=O) groups is 1. The topological polar surface area (TPSA) is 70.6 Å². The third-order valence-electron chi connectivity index (χ3n) is 5.70. The van der Waals surface area contributed by atoms with Crippen LogP contribution in [0.4, 0.5) is 19.1 Å². The van der Waals surface area contributed by atoms with Crippen molar-refractivity contribution in [3.8, 4) is 5.75 Å². The standard InChI is InChI=1S/C21H24F3N5O2/c1-14(16-3-2-15-4-9-31-18(15)10-16)28-5-7-29(8-6-28)20-25-11-17(12-26-20)19(30)27-13-21(22,23)24/h2-3,10-12,14H,4-9,13H2,1H3,(H,27,30). The first-order chi connectivity index (χ1) is 14.8. The van der Waals surface area contributed by atoms with Crippen molar-refractivity contribution in [2.75, 3.05) is 44.2 Å². The Labute approximate surface area is 178 Å². The highest BCUT2D eigenvalue weighted by Gasteiger charge is 2.28. The van der Waals surface area contributed by atoms with E-state index in [2.05, 4.69) is 40.0 Å². The highest BCUT2D eigenvalue weighted by Crippen LogP contribution is 2.31. The number of piperazine rings is 1. The quantitative estimate of drug-likeness (QED) is 0.779. The molecule has 1 unspecified atom stereocenters. The minimum atomic E-state index is -4.46. The molecule has 2 aliphatic rings.